The number of thiophene rings is 1. The second kappa shape index (κ2) is 5.56. The first-order valence-electron chi connectivity index (χ1n) is 5.34. The summed E-state index contributed by atoms with van der Waals surface area (Å²) in [5.74, 6) is 0. The van der Waals surface area contributed by atoms with Crippen LogP contribution in [-0.2, 0) is 6.42 Å². The van der Waals surface area contributed by atoms with Crippen LogP contribution in [0.5, 0.6) is 0 Å². The maximum Gasteiger partial charge on any atom is 0.156 e. The molecule has 0 saturated heterocycles. The van der Waals surface area contributed by atoms with Gasteiger partial charge in [-0.15, -0.1) is 0 Å². The number of amidine groups is 1. The number of hydrogen-bond acceptors (Lipinski definition) is 4. The summed E-state index contributed by atoms with van der Waals surface area (Å²) in [4.78, 5) is 4.48. The van der Waals surface area contributed by atoms with Gasteiger partial charge in [0.05, 0.1) is 6.54 Å². The summed E-state index contributed by atoms with van der Waals surface area (Å²) in [7, 11) is 0. The quantitative estimate of drug-likeness (QED) is 0.875. The Labute approximate surface area is 99.2 Å². The van der Waals surface area contributed by atoms with Crippen LogP contribution < -0.4 is 5.32 Å². The molecule has 0 bridgehead atoms. The molecule has 0 aromatic carbocycles. The van der Waals surface area contributed by atoms with Crippen LogP contribution in [0.25, 0.3) is 0 Å². The third-order valence-electron chi connectivity index (χ3n) is 2.44. The Morgan fingerprint density at radius 1 is 1.60 bits per heavy atom. The molecule has 15 heavy (non-hydrogen) atoms. The molecule has 2 heterocycles. The number of rotatable bonds is 4. The molecular formula is C11H16N2S2. The Balaban J connectivity index is 1.67. The minimum atomic E-state index is 0.702. The number of nitrogens with zero attached hydrogens (tertiary/aromatic N) is 1. The molecule has 0 spiro atoms. The van der Waals surface area contributed by atoms with Gasteiger partial charge >= 0.3 is 0 Å². The van der Waals surface area contributed by atoms with Crippen LogP contribution in [0, 0.1) is 0 Å². The van der Waals surface area contributed by atoms with Crippen LogP contribution in [0.4, 0.5) is 0 Å². The van der Waals surface area contributed by atoms with Gasteiger partial charge in [0.1, 0.15) is 0 Å². The van der Waals surface area contributed by atoms with Crippen molar-refractivity contribution in [2.24, 2.45) is 4.99 Å². The molecule has 2 rings (SSSR count). The van der Waals surface area contributed by atoms with Crippen molar-refractivity contribution in [3.63, 3.8) is 0 Å². The second-order valence-corrected chi connectivity index (χ2v) is 5.67. The highest BCUT2D eigenvalue weighted by molar-refractivity contribution is 8.14. The lowest BCUT2D eigenvalue weighted by atomic mass is 10.2. The van der Waals surface area contributed by atoms with E-state index >= 15 is 0 Å². The summed E-state index contributed by atoms with van der Waals surface area (Å²) in [6.45, 7) is 4.21. The predicted molar refractivity (Wildman–Crippen MR) is 70.0 cm³/mol. The average Bonchev–Trinajstić information content (AvgIpc) is 2.88. The monoisotopic (exact) mass is 240 g/mol. The summed E-state index contributed by atoms with van der Waals surface area (Å²) in [6.07, 6.45) is 2.31. The zero-order chi connectivity index (χ0) is 10.5. The van der Waals surface area contributed by atoms with Gasteiger partial charge in [0.15, 0.2) is 5.17 Å². The molecule has 0 fully saturated rings. The van der Waals surface area contributed by atoms with Crippen LogP contribution >= 0.6 is 23.1 Å². The topological polar surface area (TPSA) is 24.4 Å². The van der Waals surface area contributed by atoms with Gasteiger partial charge in [-0.2, -0.15) is 11.3 Å². The molecule has 82 valence electrons. The normalized spacial score (nSPS) is 20.3. The summed E-state index contributed by atoms with van der Waals surface area (Å²) in [6, 6.07) is 2.19. The summed E-state index contributed by atoms with van der Waals surface area (Å²) in [5.41, 5.74) is 1.42. The predicted octanol–water partition coefficient (Wildman–Crippen LogP) is 2.76. The molecule has 0 radical (unpaired) electrons. The molecule has 0 saturated carbocycles. The highest BCUT2D eigenvalue weighted by Gasteiger charge is 2.16. The van der Waals surface area contributed by atoms with Crippen molar-refractivity contribution < 1.29 is 0 Å². The maximum atomic E-state index is 4.48. The first kappa shape index (κ1) is 11.0. The SMILES string of the molecule is CCC1CN=C(NCCc2ccsc2)S1. The van der Waals surface area contributed by atoms with Gasteiger partial charge in [-0.3, -0.25) is 4.99 Å². The molecule has 0 aliphatic carbocycles. The highest BCUT2D eigenvalue weighted by Crippen LogP contribution is 2.21. The Hall–Kier alpha value is -0.480. The molecular weight excluding hydrogens is 224 g/mol. The van der Waals surface area contributed by atoms with Crippen molar-refractivity contribution in [3.8, 4) is 0 Å². The van der Waals surface area contributed by atoms with Gasteiger partial charge in [-0.25, -0.2) is 0 Å². The van der Waals surface area contributed by atoms with E-state index in [1.165, 1.54) is 12.0 Å². The van der Waals surface area contributed by atoms with Crippen LogP contribution in [0.3, 0.4) is 0 Å². The van der Waals surface area contributed by atoms with E-state index in [2.05, 4.69) is 34.1 Å². The first-order chi connectivity index (χ1) is 7.38. The van der Waals surface area contributed by atoms with Crippen molar-refractivity contribution in [1.82, 2.24) is 5.32 Å². The number of thioether (sulfide) groups is 1. The minimum absolute atomic E-state index is 0.702. The fourth-order valence-electron chi connectivity index (χ4n) is 1.48. The van der Waals surface area contributed by atoms with E-state index in [0.717, 1.165) is 24.7 Å². The zero-order valence-electron chi connectivity index (χ0n) is 8.90. The first-order valence-corrected chi connectivity index (χ1v) is 7.16. The Morgan fingerprint density at radius 2 is 2.53 bits per heavy atom. The van der Waals surface area contributed by atoms with Crippen molar-refractivity contribution >= 4 is 28.3 Å². The molecule has 0 amide bonds. The minimum Gasteiger partial charge on any atom is -0.365 e. The molecule has 1 atom stereocenters. The lowest BCUT2D eigenvalue weighted by Crippen LogP contribution is -2.22. The molecule has 1 aliphatic heterocycles. The molecule has 2 nitrogen and oxygen atoms in total. The van der Waals surface area contributed by atoms with E-state index < -0.39 is 0 Å². The number of nitrogens with one attached hydrogen (secondary N) is 1. The van der Waals surface area contributed by atoms with E-state index in [4.69, 9.17) is 0 Å². The van der Waals surface area contributed by atoms with Gasteiger partial charge in [0.2, 0.25) is 0 Å². The van der Waals surface area contributed by atoms with Crippen molar-refractivity contribution in [2.75, 3.05) is 13.1 Å². The van der Waals surface area contributed by atoms with Crippen LogP contribution in [-0.4, -0.2) is 23.5 Å². The van der Waals surface area contributed by atoms with E-state index in [0.29, 0.717) is 5.25 Å². The van der Waals surface area contributed by atoms with Crippen LogP contribution in [0.15, 0.2) is 21.8 Å². The Bertz CT molecular complexity index is 319. The lowest BCUT2D eigenvalue weighted by molar-refractivity contribution is 0.836. The fourth-order valence-corrected chi connectivity index (χ4v) is 3.14. The molecule has 1 N–H and O–H groups in total. The van der Waals surface area contributed by atoms with Gasteiger partial charge in [-0.05, 0) is 35.2 Å². The lowest BCUT2D eigenvalue weighted by Gasteiger charge is -2.06. The van der Waals surface area contributed by atoms with E-state index in [1.807, 2.05) is 11.8 Å². The largest absolute Gasteiger partial charge is 0.365 e. The fraction of sp³-hybridized carbons (Fsp3) is 0.545. The molecule has 1 aromatic rings. The van der Waals surface area contributed by atoms with Gasteiger partial charge in [-0.1, -0.05) is 18.7 Å². The number of hydrogen-bond donors (Lipinski definition) is 1. The highest BCUT2D eigenvalue weighted by atomic mass is 32.2. The molecule has 1 aromatic heterocycles. The van der Waals surface area contributed by atoms with Gasteiger partial charge in [0.25, 0.3) is 0 Å². The smallest absolute Gasteiger partial charge is 0.156 e. The maximum absolute atomic E-state index is 4.48. The van der Waals surface area contributed by atoms with E-state index in [9.17, 15) is 0 Å². The summed E-state index contributed by atoms with van der Waals surface area (Å²) in [5, 5.41) is 9.58. The van der Waals surface area contributed by atoms with Crippen LogP contribution in [0.1, 0.15) is 18.9 Å². The van der Waals surface area contributed by atoms with Crippen molar-refractivity contribution in [3.05, 3.63) is 22.4 Å². The summed E-state index contributed by atoms with van der Waals surface area (Å²) < 4.78 is 0. The van der Waals surface area contributed by atoms with Gasteiger partial charge < -0.3 is 5.32 Å². The molecule has 4 heteroatoms. The standard InChI is InChI=1S/C11H16N2S2/c1-2-10-7-13-11(15-10)12-5-3-9-4-6-14-8-9/h4,6,8,10H,2-3,5,7H2,1H3,(H,12,13). The third-order valence-corrected chi connectivity index (χ3v) is 4.49. The van der Waals surface area contributed by atoms with Crippen LogP contribution in [0.2, 0.25) is 0 Å². The zero-order valence-corrected chi connectivity index (χ0v) is 10.5. The van der Waals surface area contributed by atoms with Gasteiger partial charge in [0, 0.05) is 11.8 Å². The second-order valence-electron chi connectivity index (χ2n) is 3.60. The molecule has 1 aliphatic rings. The Kier molecular flexibility index (Phi) is 4.09. The van der Waals surface area contributed by atoms with E-state index in [1.54, 1.807) is 11.3 Å². The summed E-state index contributed by atoms with van der Waals surface area (Å²) >= 11 is 3.65. The third kappa shape index (κ3) is 3.24. The average molecular weight is 240 g/mol. The van der Waals surface area contributed by atoms with E-state index in [-0.39, 0.29) is 0 Å². The van der Waals surface area contributed by atoms with Crippen molar-refractivity contribution in [2.45, 2.75) is 25.0 Å². The Morgan fingerprint density at radius 3 is 3.20 bits per heavy atom. The van der Waals surface area contributed by atoms with Crippen molar-refractivity contribution in [1.29, 1.82) is 0 Å². The number of aliphatic imine (C=N–C) groups is 1. The molecule has 1 unspecified atom stereocenters.